The third kappa shape index (κ3) is 5.37. The highest BCUT2D eigenvalue weighted by atomic mass is 32.2. The van der Waals surface area contributed by atoms with Crippen molar-refractivity contribution in [2.75, 3.05) is 0 Å². The summed E-state index contributed by atoms with van der Waals surface area (Å²) in [5, 5.41) is 2.62. The molecule has 0 saturated carbocycles. The van der Waals surface area contributed by atoms with Crippen molar-refractivity contribution in [3.8, 4) is 0 Å². The summed E-state index contributed by atoms with van der Waals surface area (Å²) in [6.07, 6.45) is 0. The lowest BCUT2D eigenvalue weighted by molar-refractivity contribution is 0.0950. The quantitative estimate of drug-likeness (QED) is 0.857. The van der Waals surface area contributed by atoms with Crippen LogP contribution in [-0.4, -0.2) is 19.9 Å². The van der Waals surface area contributed by atoms with Gasteiger partial charge in [0.05, 0.1) is 4.90 Å². The van der Waals surface area contributed by atoms with Crippen molar-refractivity contribution in [3.05, 3.63) is 65.5 Å². The summed E-state index contributed by atoms with van der Waals surface area (Å²) in [5.41, 5.74) is -0.00585. The minimum atomic E-state index is -3.73. The van der Waals surface area contributed by atoms with E-state index in [1.54, 1.807) is 39.0 Å². The van der Waals surface area contributed by atoms with Crippen molar-refractivity contribution in [1.82, 2.24) is 10.0 Å². The van der Waals surface area contributed by atoms with Gasteiger partial charge in [-0.25, -0.2) is 17.5 Å². The largest absolute Gasteiger partial charge is 0.348 e. The Hall–Kier alpha value is -2.25. The smallest absolute Gasteiger partial charge is 0.251 e. The first-order valence-corrected chi connectivity index (χ1v) is 9.22. The van der Waals surface area contributed by atoms with E-state index in [1.165, 1.54) is 24.3 Å². The van der Waals surface area contributed by atoms with Crippen LogP contribution in [0.4, 0.5) is 4.39 Å². The summed E-state index contributed by atoms with van der Waals surface area (Å²) in [6.45, 7) is 5.26. The average molecular weight is 364 g/mol. The predicted octanol–water partition coefficient (Wildman–Crippen LogP) is 2.83. The van der Waals surface area contributed by atoms with Crippen molar-refractivity contribution >= 4 is 15.9 Å². The third-order valence-electron chi connectivity index (χ3n) is 3.23. The van der Waals surface area contributed by atoms with Gasteiger partial charge in [-0.3, -0.25) is 4.79 Å². The van der Waals surface area contributed by atoms with E-state index in [2.05, 4.69) is 10.0 Å². The Morgan fingerprint density at radius 1 is 1.08 bits per heavy atom. The van der Waals surface area contributed by atoms with Gasteiger partial charge in [-0.05, 0) is 50.6 Å². The average Bonchev–Trinajstić information content (AvgIpc) is 2.50. The zero-order valence-corrected chi connectivity index (χ0v) is 15.2. The Morgan fingerprint density at radius 2 is 1.76 bits per heavy atom. The number of sulfonamides is 1. The van der Waals surface area contributed by atoms with E-state index in [1.807, 2.05) is 0 Å². The van der Waals surface area contributed by atoms with Crippen LogP contribution >= 0.6 is 0 Å². The van der Waals surface area contributed by atoms with Crippen LogP contribution in [0, 0.1) is 5.82 Å². The van der Waals surface area contributed by atoms with Crippen LogP contribution in [0.25, 0.3) is 0 Å². The van der Waals surface area contributed by atoms with Gasteiger partial charge in [0.1, 0.15) is 5.82 Å². The van der Waals surface area contributed by atoms with Crippen LogP contribution in [0.2, 0.25) is 0 Å². The van der Waals surface area contributed by atoms with Crippen LogP contribution in [0.15, 0.2) is 53.4 Å². The van der Waals surface area contributed by atoms with Gasteiger partial charge in [0.15, 0.2) is 0 Å². The van der Waals surface area contributed by atoms with Gasteiger partial charge in [-0.15, -0.1) is 0 Å². The lowest BCUT2D eigenvalue weighted by Gasteiger charge is -2.21. The monoisotopic (exact) mass is 364 g/mol. The number of amides is 1. The first kappa shape index (κ1) is 19.1. The van der Waals surface area contributed by atoms with Crippen LogP contribution in [-0.2, 0) is 16.6 Å². The topological polar surface area (TPSA) is 75.3 Å². The van der Waals surface area contributed by atoms with Crippen LogP contribution < -0.4 is 10.0 Å². The summed E-state index contributed by atoms with van der Waals surface area (Å²) in [6, 6.07) is 11.7. The van der Waals surface area contributed by atoms with Gasteiger partial charge >= 0.3 is 0 Å². The molecule has 0 aromatic heterocycles. The molecule has 0 radical (unpaired) electrons. The Labute approximate surface area is 147 Å². The Bertz CT molecular complexity index is 874. The van der Waals surface area contributed by atoms with Crippen molar-refractivity contribution in [1.29, 1.82) is 0 Å². The van der Waals surface area contributed by atoms with Gasteiger partial charge in [0.2, 0.25) is 10.0 Å². The van der Waals surface area contributed by atoms with Gasteiger partial charge in [-0.1, -0.05) is 24.3 Å². The predicted molar refractivity (Wildman–Crippen MR) is 94.1 cm³/mol. The molecule has 0 aliphatic heterocycles. The highest BCUT2D eigenvalue weighted by Gasteiger charge is 2.24. The van der Waals surface area contributed by atoms with E-state index in [0.717, 1.165) is 6.07 Å². The van der Waals surface area contributed by atoms with Crippen LogP contribution in [0.1, 0.15) is 36.7 Å². The summed E-state index contributed by atoms with van der Waals surface area (Å²) in [7, 11) is -3.73. The maximum absolute atomic E-state index is 13.2. The van der Waals surface area contributed by atoms with E-state index >= 15 is 0 Å². The second kappa shape index (κ2) is 7.33. The molecular formula is C18H21FN2O3S. The zero-order chi connectivity index (χ0) is 18.7. The highest BCUT2D eigenvalue weighted by molar-refractivity contribution is 7.89. The van der Waals surface area contributed by atoms with Crippen molar-refractivity contribution < 1.29 is 17.6 Å². The van der Waals surface area contributed by atoms with E-state index in [9.17, 15) is 17.6 Å². The Morgan fingerprint density at radius 3 is 2.40 bits per heavy atom. The molecule has 7 heteroatoms. The number of carbonyl (C=O) groups is 1. The lowest BCUT2D eigenvalue weighted by atomic mass is 10.1. The fraction of sp³-hybridized carbons (Fsp3) is 0.278. The first-order valence-electron chi connectivity index (χ1n) is 7.74. The molecule has 2 aromatic carbocycles. The molecule has 0 aliphatic rings. The highest BCUT2D eigenvalue weighted by Crippen LogP contribution is 2.18. The maximum atomic E-state index is 13.2. The van der Waals surface area contributed by atoms with Crippen molar-refractivity contribution in [2.24, 2.45) is 0 Å². The van der Waals surface area contributed by atoms with Gasteiger partial charge in [0, 0.05) is 17.6 Å². The number of benzene rings is 2. The lowest BCUT2D eigenvalue weighted by Crippen LogP contribution is -2.41. The molecular weight excluding hydrogens is 343 g/mol. The minimum Gasteiger partial charge on any atom is -0.348 e. The fourth-order valence-corrected chi connectivity index (χ4v) is 3.94. The number of hydrogen-bond acceptors (Lipinski definition) is 3. The molecule has 1 amide bonds. The molecule has 0 spiro atoms. The molecule has 0 bridgehead atoms. The van der Waals surface area contributed by atoms with Crippen LogP contribution in [0.5, 0.6) is 0 Å². The molecule has 0 heterocycles. The number of rotatable bonds is 5. The maximum Gasteiger partial charge on any atom is 0.251 e. The number of carbonyl (C=O) groups excluding carboxylic acids is 1. The number of hydrogen-bond donors (Lipinski definition) is 2. The Kier molecular flexibility index (Phi) is 5.59. The van der Waals surface area contributed by atoms with Crippen LogP contribution in [0.3, 0.4) is 0 Å². The fourth-order valence-electron chi connectivity index (χ4n) is 2.28. The molecule has 0 saturated heterocycles. The number of nitrogens with one attached hydrogen (secondary N) is 2. The molecule has 0 unspecified atom stereocenters. The van der Waals surface area contributed by atoms with Crippen molar-refractivity contribution in [3.63, 3.8) is 0 Å². The van der Waals surface area contributed by atoms with E-state index < -0.39 is 27.3 Å². The van der Waals surface area contributed by atoms with Gasteiger partial charge < -0.3 is 5.32 Å². The normalized spacial score (nSPS) is 12.0. The first-order chi connectivity index (χ1) is 11.6. The summed E-state index contributed by atoms with van der Waals surface area (Å²) in [4.78, 5) is 12.2. The number of halogens is 1. The second-order valence-corrected chi connectivity index (χ2v) is 8.31. The second-order valence-electron chi connectivity index (χ2n) is 6.66. The summed E-state index contributed by atoms with van der Waals surface area (Å²) in [5.74, 6) is -0.986. The summed E-state index contributed by atoms with van der Waals surface area (Å²) >= 11 is 0. The third-order valence-corrected chi connectivity index (χ3v) is 5.09. The molecule has 0 atom stereocenters. The summed E-state index contributed by atoms with van der Waals surface area (Å²) < 4.78 is 40.9. The molecule has 2 rings (SSSR count). The van der Waals surface area contributed by atoms with E-state index in [-0.39, 0.29) is 17.0 Å². The molecule has 2 N–H and O–H groups in total. The molecule has 5 nitrogen and oxygen atoms in total. The minimum absolute atomic E-state index is 0.0105. The Balaban J connectivity index is 2.20. The molecule has 25 heavy (non-hydrogen) atoms. The standard InChI is InChI=1S/C18H21FN2O3S/c1-18(2,3)21-25(23,24)16-10-5-4-7-14(16)12-20-17(22)13-8-6-9-15(19)11-13/h4-11,21H,12H2,1-3H3,(H,20,22). The zero-order valence-electron chi connectivity index (χ0n) is 14.3. The van der Waals surface area contributed by atoms with Gasteiger partial charge in [-0.2, -0.15) is 0 Å². The van der Waals surface area contributed by atoms with E-state index in [4.69, 9.17) is 0 Å². The molecule has 0 fully saturated rings. The molecule has 134 valence electrons. The van der Waals surface area contributed by atoms with Gasteiger partial charge in [0.25, 0.3) is 5.91 Å². The van der Waals surface area contributed by atoms with Crippen molar-refractivity contribution in [2.45, 2.75) is 37.8 Å². The SMILES string of the molecule is CC(C)(C)NS(=O)(=O)c1ccccc1CNC(=O)c1cccc(F)c1. The molecule has 2 aromatic rings. The molecule has 0 aliphatic carbocycles. The van der Waals surface area contributed by atoms with E-state index in [0.29, 0.717) is 5.56 Å².